The van der Waals surface area contributed by atoms with Crippen LogP contribution in [0.1, 0.15) is 37.1 Å². The summed E-state index contributed by atoms with van der Waals surface area (Å²) >= 11 is 0. The lowest BCUT2D eigenvalue weighted by molar-refractivity contribution is 0.144. The molecule has 2 amide bonds. The Kier molecular flexibility index (Phi) is 5.73. The molecule has 1 aliphatic heterocycles. The Labute approximate surface area is 149 Å². The van der Waals surface area contributed by atoms with Crippen molar-refractivity contribution < 1.29 is 4.79 Å². The van der Waals surface area contributed by atoms with Gasteiger partial charge < -0.3 is 14.8 Å². The predicted octanol–water partition coefficient (Wildman–Crippen LogP) is 2.12. The summed E-state index contributed by atoms with van der Waals surface area (Å²) in [6.07, 6.45) is 12.9. The van der Waals surface area contributed by atoms with E-state index in [9.17, 15) is 4.79 Å². The van der Waals surface area contributed by atoms with Crippen molar-refractivity contribution >= 4 is 6.03 Å². The van der Waals surface area contributed by atoms with Crippen molar-refractivity contribution in [1.29, 1.82) is 0 Å². The zero-order chi connectivity index (χ0) is 17.6. The molecule has 136 valence electrons. The molecular formula is C18H28N6O. The molecule has 1 aliphatic rings. The third-order valence-electron chi connectivity index (χ3n) is 4.96. The standard InChI is InChI=1S/C18H28N6O/c1-15-19-9-12-23(15)11-7-17-5-3-4-10-24(17)18(25)20-8-6-16-13-21-22(2)14-16/h9,12-14,17H,3-8,10-11H2,1-2H3,(H,20,25). The fraction of sp³-hybridized carbons (Fsp3) is 0.611. The van der Waals surface area contributed by atoms with Gasteiger partial charge in [-0.25, -0.2) is 9.78 Å². The number of piperidine rings is 1. The van der Waals surface area contributed by atoms with Crippen molar-refractivity contribution in [3.05, 3.63) is 36.2 Å². The van der Waals surface area contributed by atoms with E-state index in [0.717, 1.165) is 50.2 Å². The fourth-order valence-electron chi connectivity index (χ4n) is 3.51. The second-order valence-corrected chi connectivity index (χ2v) is 6.80. The summed E-state index contributed by atoms with van der Waals surface area (Å²) in [5.41, 5.74) is 1.15. The van der Waals surface area contributed by atoms with E-state index in [4.69, 9.17) is 0 Å². The Hall–Kier alpha value is -2.31. The van der Waals surface area contributed by atoms with Crippen LogP contribution >= 0.6 is 0 Å². The van der Waals surface area contributed by atoms with E-state index in [1.165, 1.54) is 6.42 Å². The normalized spacial score (nSPS) is 17.7. The molecule has 1 N–H and O–H groups in total. The zero-order valence-electron chi connectivity index (χ0n) is 15.2. The van der Waals surface area contributed by atoms with Crippen LogP contribution in [0.15, 0.2) is 24.8 Å². The Balaban J connectivity index is 1.49. The number of nitrogens with zero attached hydrogens (tertiary/aromatic N) is 5. The topological polar surface area (TPSA) is 68.0 Å². The van der Waals surface area contributed by atoms with Crippen LogP contribution in [0.4, 0.5) is 4.79 Å². The quantitative estimate of drug-likeness (QED) is 0.873. The number of likely N-dealkylation sites (tertiary alicyclic amines) is 1. The highest BCUT2D eigenvalue weighted by atomic mass is 16.2. The SMILES string of the molecule is Cc1nccn1CCC1CCCCN1C(=O)NCCc1cnn(C)c1. The first-order valence-corrected chi connectivity index (χ1v) is 9.13. The molecule has 7 nitrogen and oxygen atoms in total. The van der Waals surface area contributed by atoms with Gasteiger partial charge in [-0.05, 0) is 44.6 Å². The van der Waals surface area contributed by atoms with Crippen LogP contribution in [0.5, 0.6) is 0 Å². The monoisotopic (exact) mass is 344 g/mol. The van der Waals surface area contributed by atoms with Crippen LogP contribution in [0.25, 0.3) is 0 Å². The van der Waals surface area contributed by atoms with Crippen molar-refractivity contribution in [3.63, 3.8) is 0 Å². The molecular weight excluding hydrogens is 316 g/mol. The van der Waals surface area contributed by atoms with Gasteiger partial charge >= 0.3 is 6.03 Å². The molecule has 0 radical (unpaired) electrons. The van der Waals surface area contributed by atoms with Gasteiger partial charge in [-0.3, -0.25) is 4.68 Å². The highest BCUT2D eigenvalue weighted by Gasteiger charge is 2.26. The van der Waals surface area contributed by atoms with Gasteiger partial charge in [0.2, 0.25) is 0 Å². The van der Waals surface area contributed by atoms with E-state index in [2.05, 4.69) is 20.0 Å². The van der Waals surface area contributed by atoms with E-state index >= 15 is 0 Å². The highest BCUT2D eigenvalue weighted by Crippen LogP contribution is 2.20. The maximum Gasteiger partial charge on any atom is 0.317 e. The number of imidazole rings is 1. The van der Waals surface area contributed by atoms with E-state index in [-0.39, 0.29) is 6.03 Å². The van der Waals surface area contributed by atoms with Crippen molar-refractivity contribution in [2.45, 2.75) is 51.6 Å². The minimum absolute atomic E-state index is 0.0657. The molecule has 2 aromatic rings. The lowest BCUT2D eigenvalue weighted by atomic mass is 9.99. The van der Waals surface area contributed by atoms with Gasteiger partial charge in [0.1, 0.15) is 5.82 Å². The van der Waals surface area contributed by atoms with Crippen LogP contribution < -0.4 is 5.32 Å². The number of hydrogen-bond acceptors (Lipinski definition) is 3. The molecule has 1 saturated heterocycles. The van der Waals surface area contributed by atoms with Crippen molar-refractivity contribution in [3.8, 4) is 0 Å². The Bertz CT molecular complexity index is 691. The molecule has 7 heteroatoms. The minimum Gasteiger partial charge on any atom is -0.338 e. The predicted molar refractivity (Wildman–Crippen MR) is 96.2 cm³/mol. The van der Waals surface area contributed by atoms with Gasteiger partial charge in [-0.15, -0.1) is 0 Å². The summed E-state index contributed by atoms with van der Waals surface area (Å²) in [4.78, 5) is 18.9. The van der Waals surface area contributed by atoms with Gasteiger partial charge in [-0.2, -0.15) is 5.10 Å². The lowest BCUT2D eigenvalue weighted by Gasteiger charge is -2.36. The third kappa shape index (κ3) is 4.61. The lowest BCUT2D eigenvalue weighted by Crippen LogP contribution is -2.49. The van der Waals surface area contributed by atoms with Crippen LogP contribution in [-0.2, 0) is 20.0 Å². The molecule has 1 unspecified atom stereocenters. The van der Waals surface area contributed by atoms with Gasteiger partial charge in [0.05, 0.1) is 6.20 Å². The molecule has 0 aromatic carbocycles. The summed E-state index contributed by atoms with van der Waals surface area (Å²) < 4.78 is 3.95. The molecule has 0 aliphatic carbocycles. The third-order valence-corrected chi connectivity index (χ3v) is 4.96. The summed E-state index contributed by atoms with van der Waals surface area (Å²) in [6.45, 7) is 4.43. The number of aromatic nitrogens is 4. The first-order chi connectivity index (χ1) is 12.1. The number of carbonyl (C=O) groups excluding carboxylic acids is 1. The molecule has 3 rings (SSSR count). The molecule has 1 fully saturated rings. The minimum atomic E-state index is 0.0657. The smallest absolute Gasteiger partial charge is 0.317 e. The molecule has 1 atom stereocenters. The number of carbonyl (C=O) groups is 1. The van der Waals surface area contributed by atoms with E-state index < -0.39 is 0 Å². The van der Waals surface area contributed by atoms with Gasteiger partial charge in [0.15, 0.2) is 0 Å². The average molecular weight is 344 g/mol. The number of amides is 2. The van der Waals surface area contributed by atoms with Crippen LogP contribution in [0.2, 0.25) is 0 Å². The Morgan fingerprint density at radius 1 is 1.40 bits per heavy atom. The van der Waals surface area contributed by atoms with Gasteiger partial charge in [0.25, 0.3) is 0 Å². The summed E-state index contributed by atoms with van der Waals surface area (Å²) in [5.74, 6) is 1.03. The second kappa shape index (κ2) is 8.18. The number of hydrogen-bond donors (Lipinski definition) is 1. The van der Waals surface area contributed by atoms with Crippen molar-refractivity contribution in [2.75, 3.05) is 13.1 Å². The average Bonchev–Trinajstić information content (AvgIpc) is 3.21. The largest absolute Gasteiger partial charge is 0.338 e. The van der Waals surface area contributed by atoms with E-state index in [0.29, 0.717) is 12.6 Å². The second-order valence-electron chi connectivity index (χ2n) is 6.80. The summed E-state index contributed by atoms with van der Waals surface area (Å²) in [6, 6.07) is 0.380. The molecule has 0 saturated carbocycles. The number of urea groups is 1. The number of aryl methyl sites for hydroxylation is 3. The van der Waals surface area contributed by atoms with Crippen LogP contribution in [0, 0.1) is 6.92 Å². The van der Waals surface area contributed by atoms with Crippen LogP contribution in [0.3, 0.4) is 0 Å². The van der Waals surface area contributed by atoms with E-state index in [1.54, 1.807) is 4.68 Å². The highest BCUT2D eigenvalue weighted by molar-refractivity contribution is 5.74. The van der Waals surface area contributed by atoms with Crippen molar-refractivity contribution in [1.82, 2.24) is 29.5 Å². The Morgan fingerprint density at radius 3 is 3.00 bits per heavy atom. The van der Waals surface area contributed by atoms with Crippen LogP contribution in [-0.4, -0.2) is 49.4 Å². The van der Waals surface area contributed by atoms with Gasteiger partial charge in [0, 0.05) is 51.3 Å². The molecule has 2 aromatic heterocycles. The number of nitrogens with one attached hydrogen (secondary N) is 1. The molecule has 3 heterocycles. The maximum atomic E-state index is 12.6. The first kappa shape index (κ1) is 17.5. The molecule has 0 spiro atoms. The summed E-state index contributed by atoms with van der Waals surface area (Å²) in [7, 11) is 1.91. The zero-order valence-corrected chi connectivity index (χ0v) is 15.2. The molecule has 25 heavy (non-hydrogen) atoms. The Morgan fingerprint density at radius 2 is 2.28 bits per heavy atom. The van der Waals surface area contributed by atoms with Gasteiger partial charge in [-0.1, -0.05) is 0 Å². The fourth-order valence-corrected chi connectivity index (χ4v) is 3.51. The number of rotatable bonds is 6. The molecule has 0 bridgehead atoms. The first-order valence-electron chi connectivity index (χ1n) is 9.13. The van der Waals surface area contributed by atoms with Crippen molar-refractivity contribution in [2.24, 2.45) is 7.05 Å². The summed E-state index contributed by atoms with van der Waals surface area (Å²) in [5, 5.41) is 7.23. The maximum absolute atomic E-state index is 12.6. The van der Waals surface area contributed by atoms with E-state index in [1.807, 2.05) is 43.7 Å².